The number of hydrogen-bond acceptors (Lipinski definition) is 4. The molecule has 2 aromatic rings. The third-order valence-corrected chi connectivity index (χ3v) is 3.24. The van der Waals surface area contributed by atoms with Crippen LogP contribution >= 0.6 is 0 Å². The summed E-state index contributed by atoms with van der Waals surface area (Å²) < 4.78 is 29.9. The third kappa shape index (κ3) is 2.54. The minimum atomic E-state index is -0.859. The predicted octanol–water partition coefficient (Wildman–Crippen LogP) is 2.86. The average molecular weight is 288 g/mol. The Balaban J connectivity index is 1.84. The van der Waals surface area contributed by atoms with E-state index in [4.69, 9.17) is 14.2 Å². The number of ether oxygens (including phenoxy) is 3. The molecule has 0 saturated carbocycles. The zero-order valence-electron chi connectivity index (χ0n) is 11.3. The lowest BCUT2D eigenvalue weighted by Crippen LogP contribution is -2.37. The highest BCUT2D eigenvalue weighted by Crippen LogP contribution is 2.32. The highest BCUT2D eigenvalue weighted by molar-refractivity contribution is 6.00. The largest absolute Gasteiger partial charge is 0.497 e. The molecule has 5 heteroatoms. The lowest BCUT2D eigenvalue weighted by atomic mass is 10.0. The van der Waals surface area contributed by atoms with E-state index in [2.05, 4.69) is 0 Å². The average Bonchev–Trinajstić information content (AvgIpc) is 2.53. The van der Waals surface area contributed by atoms with Gasteiger partial charge in [-0.25, -0.2) is 4.39 Å². The van der Waals surface area contributed by atoms with Crippen molar-refractivity contribution in [2.75, 3.05) is 13.7 Å². The maximum Gasteiger partial charge on any atom is 0.209 e. The van der Waals surface area contributed by atoms with E-state index >= 15 is 0 Å². The maximum atomic E-state index is 13.9. The van der Waals surface area contributed by atoms with Crippen molar-refractivity contribution in [1.82, 2.24) is 0 Å². The van der Waals surface area contributed by atoms with Crippen molar-refractivity contribution in [3.05, 3.63) is 53.8 Å². The molecular formula is C16H13FO4. The van der Waals surface area contributed by atoms with Crippen LogP contribution in [0.4, 0.5) is 4.39 Å². The summed E-state index contributed by atoms with van der Waals surface area (Å²) in [5.41, 5.74) is -0.0382. The highest BCUT2D eigenvalue weighted by atomic mass is 19.1. The van der Waals surface area contributed by atoms with E-state index in [1.165, 1.54) is 25.3 Å². The fraction of sp³-hybridized carbons (Fsp3) is 0.188. The monoisotopic (exact) mass is 288 g/mol. The van der Waals surface area contributed by atoms with E-state index in [1.807, 2.05) is 6.07 Å². The summed E-state index contributed by atoms with van der Waals surface area (Å²) in [6.07, 6.45) is -0.859. The number of para-hydroxylation sites is 2. The number of hydrogen-bond donors (Lipinski definition) is 0. The summed E-state index contributed by atoms with van der Waals surface area (Å²) in [5, 5.41) is 0. The third-order valence-electron chi connectivity index (χ3n) is 3.24. The number of carbonyl (C=O) groups excluding carboxylic acids is 1. The van der Waals surface area contributed by atoms with Crippen molar-refractivity contribution < 1.29 is 23.4 Å². The van der Waals surface area contributed by atoms with Crippen LogP contribution in [-0.2, 0) is 0 Å². The minimum absolute atomic E-state index is 0.0382. The van der Waals surface area contributed by atoms with Gasteiger partial charge < -0.3 is 14.2 Å². The molecule has 4 nitrogen and oxygen atoms in total. The van der Waals surface area contributed by atoms with E-state index in [9.17, 15) is 9.18 Å². The standard InChI is InChI=1S/C16H13FO4/c1-19-10-6-7-11(12(17)8-10)16(18)15-9-20-13-4-2-3-5-14(13)21-15/h2-8,15H,9H2,1H3. The lowest BCUT2D eigenvalue weighted by Gasteiger charge is -2.25. The summed E-state index contributed by atoms with van der Waals surface area (Å²) >= 11 is 0. The molecule has 0 fully saturated rings. The number of carbonyl (C=O) groups is 1. The van der Waals surface area contributed by atoms with Crippen molar-refractivity contribution in [2.45, 2.75) is 6.10 Å². The van der Waals surface area contributed by atoms with Gasteiger partial charge in [0, 0.05) is 6.07 Å². The van der Waals surface area contributed by atoms with Gasteiger partial charge in [-0.1, -0.05) is 12.1 Å². The molecule has 1 aliphatic heterocycles. The number of benzene rings is 2. The molecule has 0 radical (unpaired) electrons. The van der Waals surface area contributed by atoms with Crippen LogP contribution in [0.3, 0.4) is 0 Å². The van der Waals surface area contributed by atoms with Gasteiger partial charge in [-0.2, -0.15) is 0 Å². The van der Waals surface area contributed by atoms with Crippen LogP contribution in [0, 0.1) is 5.82 Å². The molecule has 0 bridgehead atoms. The van der Waals surface area contributed by atoms with Gasteiger partial charge in [-0.3, -0.25) is 4.79 Å². The van der Waals surface area contributed by atoms with Gasteiger partial charge in [-0.05, 0) is 24.3 Å². The van der Waals surface area contributed by atoms with Gasteiger partial charge in [0.1, 0.15) is 18.2 Å². The van der Waals surface area contributed by atoms with E-state index < -0.39 is 17.7 Å². The Labute approximate surface area is 121 Å². The molecule has 0 aliphatic carbocycles. The Morgan fingerprint density at radius 2 is 2.00 bits per heavy atom. The van der Waals surface area contributed by atoms with Crippen molar-refractivity contribution in [1.29, 1.82) is 0 Å². The van der Waals surface area contributed by atoms with Crippen LogP contribution < -0.4 is 14.2 Å². The Morgan fingerprint density at radius 3 is 2.71 bits per heavy atom. The molecule has 2 aromatic carbocycles. The van der Waals surface area contributed by atoms with Gasteiger partial charge in [0.2, 0.25) is 5.78 Å². The molecule has 1 unspecified atom stereocenters. The van der Waals surface area contributed by atoms with E-state index in [0.29, 0.717) is 17.2 Å². The van der Waals surface area contributed by atoms with Crippen LogP contribution in [0.2, 0.25) is 0 Å². The normalized spacial score (nSPS) is 16.4. The second kappa shape index (κ2) is 5.44. The Bertz CT molecular complexity index is 684. The molecule has 0 N–H and O–H groups in total. The van der Waals surface area contributed by atoms with Gasteiger partial charge in [-0.15, -0.1) is 0 Å². The number of halogens is 1. The molecule has 108 valence electrons. The zero-order valence-corrected chi connectivity index (χ0v) is 11.3. The molecular weight excluding hydrogens is 275 g/mol. The van der Waals surface area contributed by atoms with Gasteiger partial charge in [0.15, 0.2) is 17.6 Å². The van der Waals surface area contributed by atoms with E-state index in [1.54, 1.807) is 18.2 Å². The van der Waals surface area contributed by atoms with Crippen LogP contribution in [0.25, 0.3) is 0 Å². The fourth-order valence-corrected chi connectivity index (χ4v) is 2.14. The molecule has 0 aromatic heterocycles. The first-order valence-corrected chi connectivity index (χ1v) is 6.45. The summed E-state index contributed by atoms with van der Waals surface area (Å²) in [6.45, 7) is 0.0569. The van der Waals surface area contributed by atoms with Crippen LogP contribution in [0.5, 0.6) is 17.2 Å². The van der Waals surface area contributed by atoms with Gasteiger partial charge in [0.25, 0.3) is 0 Å². The summed E-state index contributed by atoms with van der Waals surface area (Å²) in [7, 11) is 1.44. The van der Waals surface area contributed by atoms with Crippen LogP contribution in [0.1, 0.15) is 10.4 Å². The number of fused-ring (bicyclic) bond motifs is 1. The zero-order chi connectivity index (χ0) is 14.8. The van der Waals surface area contributed by atoms with E-state index in [-0.39, 0.29) is 12.2 Å². The van der Waals surface area contributed by atoms with Crippen molar-refractivity contribution >= 4 is 5.78 Å². The summed E-state index contributed by atoms with van der Waals surface area (Å²) in [4.78, 5) is 12.3. The number of Topliss-reactive ketones (excluding diaryl/α,β-unsaturated/α-hetero) is 1. The molecule has 0 amide bonds. The second-order valence-electron chi connectivity index (χ2n) is 4.57. The first-order chi connectivity index (χ1) is 10.2. The van der Waals surface area contributed by atoms with Crippen LogP contribution in [0.15, 0.2) is 42.5 Å². The molecule has 3 rings (SSSR count). The number of ketones is 1. The Morgan fingerprint density at radius 1 is 1.24 bits per heavy atom. The Kier molecular flexibility index (Phi) is 3.48. The molecule has 1 aliphatic rings. The number of methoxy groups -OCH3 is 1. The Hall–Kier alpha value is -2.56. The van der Waals surface area contributed by atoms with Crippen LogP contribution in [-0.4, -0.2) is 25.6 Å². The SMILES string of the molecule is COc1ccc(C(=O)C2COc3ccccc3O2)c(F)c1. The van der Waals surface area contributed by atoms with Crippen molar-refractivity contribution in [3.63, 3.8) is 0 Å². The molecule has 1 heterocycles. The molecule has 0 saturated heterocycles. The quantitative estimate of drug-likeness (QED) is 0.815. The summed E-state index contributed by atoms with van der Waals surface area (Å²) in [5.74, 6) is 0.328. The molecule has 21 heavy (non-hydrogen) atoms. The van der Waals surface area contributed by atoms with Gasteiger partial charge in [0.05, 0.1) is 12.7 Å². The maximum absolute atomic E-state index is 13.9. The van der Waals surface area contributed by atoms with Gasteiger partial charge >= 0.3 is 0 Å². The highest BCUT2D eigenvalue weighted by Gasteiger charge is 2.29. The van der Waals surface area contributed by atoms with Crippen molar-refractivity contribution in [3.8, 4) is 17.2 Å². The second-order valence-corrected chi connectivity index (χ2v) is 4.57. The molecule has 0 spiro atoms. The summed E-state index contributed by atoms with van der Waals surface area (Å²) in [6, 6.07) is 11.2. The predicted molar refractivity (Wildman–Crippen MR) is 73.6 cm³/mol. The fourth-order valence-electron chi connectivity index (χ4n) is 2.14. The number of rotatable bonds is 3. The topological polar surface area (TPSA) is 44.8 Å². The van der Waals surface area contributed by atoms with E-state index in [0.717, 1.165) is 0 Å². The molecule has 1 atom stereocenters. The smallest absolute Gasteiger partial charge is 0.209 e. The first kappa shape index (κ1) is 13.4. The minimum Gasteiger partial charge on any atom is -0.497 e. The lowest BCUT2D eigenvalue weighted by molar-refractivity contribution is 0.0582. The van der Waals surface area contributed by atoms with Crippen molar-refractivity contribution in [2.24, 2.45) is 0 Å². The first-order valence-electron chi connectivity index (χ1n) is 6.45.